The second-order valence-corrected chi connectivity index (χ2v) is 3.86. The molecule has 1 atom stereocenters. The van der Waals surface area contributed by atoms with Gasteiger partial charge in [-0.05, 0) is 12.5 Å². The summed E-state index contributed by atoms with van der Waals surface area (Å²) in [6.07, 6.45) is 5.45. The fourth-order valence-corrected chi connectivity index (χ4v) is 2.17. The maximum Gasteiger partial charge on any atom is 0.134 e. The molecule has 1 aliphatic rings. The quantitative estimate of drug-likeness (QED) is 0.569. The van der Waals surface area contributed by atoms with Gasteiger partial charge < -0.3 is 4.42 Å². The summed E-state index contributed by atoms with van der Waals surface area (Å²) in [4.78, 5) is 0. The van der Waals surface area contributed by atoms with E-state index in [1.807, 2.05) is 12.1 Å². The predicted molar refractivity (Wildman–Crippen MR) is 57.5 cm³/mol. The molecule has 0 saturated heterocycles. The Balaban J connectivity index is 2.35. The molecule has 0 bridgehead atoms. The van der Waals surface area contributed by atoms with Gasteiger partial charge in [0.1, 0.15) is 11.3 Å². The molecule has 1 aromatic heterocycles. The minimum Gasteiger partial charge on any atom is -0.460 e. The van der Waals surface area contributed by atoms with E-state index in [1.54, 1.807) is 0 Å². The van der Waals surface area contributed by atoms with Crippen molar-refractivity contribution < 1.29 is 4.42 Å². The first-order valence-electron chi connectivity index (χ1n) is 5.03. The van der Waals surface area contributed by atoms with Crippen LogP contribution in [0.3, 0.4) is 0 Å². The summed E-state index contributed by atoms with van der Waals surface area (Å²) in [7, 11) is 0. The van der Waals surface area contributed by atoms with Crippen LogP contribution in [0.15, 0.2) is 40.8 Å². The Morgan fingerprint density at radius 1 is 1.29 bits per heavy atom. The fraction of sp³-hybridized carbons (Fsp3) is 0.231. The van der Waals surface area contributed by atoms with E-state index in [9.17, 15) is 0 Å². The number of hydrogen-bond acceptors (Lipinski definition) is 1. The van der Waals surface area contributed by atoms with Crippen LogP contribution in [0.4, 0.5) is 0 Å². The monoisotopic (exact) mass is 184 g/mol. The molecule has 0 spiro atoms. The van der Waals surface area contributed by atoms with Gasteiger partial charge in [0.2, 0.25) is 0 Å². The summed E-state index contributed by atoms with van der Waals surface area (Å²) in [5.74, 6) is 1.57. The van der Waals surface area contributed by atoms with Crippen molar-refractivity contribution in [2.45, 2.75) is 19.3 Å². The van der Waals surface area contributed by atoms with Crippen LogP contribution in [0, 0.1) is 0 Å². The van der Waals surface area contributed by atoms with E-state index in [1.165, 1.54) is 10.9 Å². The summed E-state index contributed by atoms with van der Waals surface area (Å²) in [5, 5.41) is 1.28. The van der Waals surface area contributed by atoms with E-state index < -0.39 is 0 Å². The van der Waals surface area contributed by atoms with Gasteiger partial charge in [0, 0.05) is 16.9 Å². The average molecular weight is 184 g/mol. The van der Waals surface area contributed by atoms with Crippen LogP contribution in [0.25, 0.3) is 11.0 Å². The Morgan fingerprint density at radius 2 is 2.14 bits per heavy atom. The number of allylic oxidation sites excluding steroid dienone is 2. The standard InChI is InChI=1S/C13H12O/c1-9-5-4-7-11-10-6-2-3-8-12(10)14-13(9)11/h2-6,8-9H,7H2,1H3. The molecular weight excluding hydrogens is 172 g/mol. The second kappa shape index (κ2) is 2.74. The summed E-state index contributed by atoms with van der Waals surface area (Å²) < 4.78 is 5.85. The maximum absolute atomic E-state index is 5.85. The van der Waals surface area contributed by atoms with E-state index in [2.05, 4.69) is 31.2 Å². The number of benzene rings is 1. The van der Waals surface area contributed by atoms with Crippen molar-refractivity contribution in [1.82, 2.24) is 0 Å². The van der Waals surface area contributed by atoms with Gasteiger partial charge in [0.25, 0.3) is 0 Å². The zero-order chi connectivity index (χ0) is 9.54. The molecule has 1 aromatic carbocycles. The zero-order valence-corrected chi connectivity index (χ0v) is 8.16. The molecule has 3 rings (SSSR count). The second-order valence-electron chi connectivity index (χ2n) is 3.86. The van der Waals surface area contributed by atoms with Gasteiger partial charge >= 0.3 is 0 Å². The molecule has 0 aliphatic heterocycles. The number of furan rings is 1. The molecular formula is C13H12O. The number of hydrogen-bond donors (Lipinski definition) is 0. The van der Waals surface area contributed by atoms with Gasteiger partial charge in [-0.15, -0.1) is 0 Å². The molecule has 0 fully saturated rings. The molecule has 0 amide bonds. The molecule has 0 N–H and O–H groups in total. The molecule has 1 heteroatoms. The van der Waals surface area contributed by atoms with Gasteiger partial charge in [-0.2, -0.15) is 0 Å². The van der Waals surface area contributed by atoms with Crippen LogP contribution < -0.4 is 0 Å². The average Bonchev–Trinajstić information content (AvgIpc) is 2.59. The first-order chi connectivity index (χ1) is 6.86. The van der Waals surface area contributed by atoms with E-state index in [0.29, 0.717) is 5.92 Å². The lowest BCUT2D eigenvalue weighted by Crippen LogP contribution is -1.97. The lowest BCUT2D eigenvalue weighted by Gasteiger charge is -2.10. The van der Waals surface area contributed by atoms with E-state index >= 15 is 0 Å². The molecule has 1 unspecified atom stereocenters. The number of rotatable bonds is 0. The van der Waals surface area contributed by atoms with Crippen molar-refractivity contribution in [3.8, 4) is 0 Å². The minimum absolute atomic E-state index is 0.422. The van der Waals surface area contributed by atoms with Crippen LogP contribution >= 0.6 is 0 Å². The summed E-state index contributed by atoms with van der Waals surface area (Å²) in [6.45, 7) is 2.18. The molecule has 14 heavy (non-hydrogen) atoms. The zero-order valence-electron chi connectivity index (χ0n) is 8.16. The molecule has 0 saturated carbocycles. The van der Waals surface area contributed by atoms with Crippen LogP contribution in [0.2, 0.25) is 0 Å². The van der Waals surface area contributed by atoms with Crippen LogP contribution in [-0.2, 0) is 6.42 Å². The van der Waals surface area contributed by atoms with Gasteiger partial charge in [0.05, 0.1) is 0 Å². The van der Waals surface area contributed by atoms with Gasteiger partial charge in [0.15, 0.2) is 0 Å². The first-order valence-corrected chi connectivity index (χ1v) is 5.03. The SMILES string of the molecule is CC1C=CCc2c1oc1ccccc21. The highest BCUT2D eigenvalue weighted by molar-refractivity contribution is 5.83. The van der Waals surface area contributed by atoms with Crippen molar-refractivity contribution in [1.29, 1.82) is 0 Å². The van der Waals surface area contributed by atoms with Crippen molar-refractivity contribution in [3.05, 3.63) is 47.7 Å². The Hall–Kier alpha value is -1.50. The molecule has 70 valence electrons. The molecule has 1 heterocycles. The van der Waals surface area contributed by atoms with E-state index in [0.717, 1.165) is 17.8 Å². The minimum atomic E-state index is 0.422. The highest BCUT2D eigenvalue weighted by atomic mass is 16.3. The molecule has 1 nitrogen and oxygen atoms in total. The third-order valence-corrected chi connectivity index (χ3v) is 2.89. The Morgan fingerprint density at radius 3 is 3.07 bits per heavy atom. The van der Waals surface area contributed by atoms with Crippen LogP contribution in [-0.4, -0.2) is 0 Å². The largest absolute Gasteiger partial charge is 0.460 e. The summed E-state index contributed by atoms with van der Waals surface area (Å²) in [6, 6.07) is 8.28. The highest BCUT2D eigenvalue weighted by Gasteiger charge is 2.19. The fourth-order valence-electron chi connectivity index (χ4n) is 2.17. The number of para-hydroxylation sites is 1. The van der Waals surface area contributed by atoms with Crippen molar-refractivity contribution >= 4 is 11.0 Å². The highest BCUT2D eigenvalue weighted by Crippen LogP contribution is 2.34. The summed E-state index contributed by atoms with van der Waals surface area (Å²) >= 11 is 0. The van der Waals surface area contributed by atoms with Gasteiger partial charge in [-0.25, -0.2) is 0 Å². The van der Waals surface area contributed by atoms with Gasteiger partial charge in [-0.1, -0.05) is 37.3 Å². The lowest BCUT2D eigenvalue weighted by molar-refractivity contribution is 0.528. The van der Waals surface area contributed by atoms with Crippen LogP contribution in [0.1, 0.15) is 24.2 Å². The molecule has 0 radical (unpaired) electrons. The smallest absolute Gasteiger partial charge is 0.134 e. The van der Waals surface area contributed by atoms with E-state index in [4.69, 9.17) is 4.42 Å². The summed E-state index contributed by atoms with van der Waals surface area (Å²) in [5.41, 5.74) is 2.39. The Labute approximate surface area is 83.0 Å². The van der Waals surface area contributed by atoms with Crippen molar-refractivity contribution in [2.24, 2.45) is 0 Å². The van der Waals surface area contributed by atoms with E-state index in [-0.39, 0.29) is 0 Å². The maximum atomic E-state index is 5.85. The molecule has 1 aliphatic carbocycles. The Bertz CT molecular complexity index is 505. The van der Waals surface area contributed by atoms with Crippen molar-refractivity contribution in [2.75, 3.05) is 0 Å². The lowest BCUT2D eigenvalue weighted by atomic mass is 9.94. The Kier molecular flexibility index (Phi) is 1.54. The predicted octanol–water partition coefficient (Wildman–Crippen LogP) is 3.65. The van der Waals surface area contributed by atoms with Crippen molar-refractivity contribution in [3.63, 3.8) is 0 Å². The molecule has 2 aromatic rings. The number of fused-ring (bicyclic) bond motifs is 3. The first kappa shape index (κ1) is 7.86. The van der Waals surface area contributed by atoms with Gasteiger partial charge in [-0.3, -0.25) is 0 Å². The third kappa shape index (κ3) is 0.955. The third-order valence-electron chi connectivity index (χ3n) is 2.89. The topological polar surface area (TPSA) is 13.1 Å². The normalized spacial score (nSPS) is 19.9. The van der Waals surface area contributed by atoms with Crippen LogP contribution in [0.5, 0.6) is 0 Å².